The molecule has 0 fully saturated rings. The van der Waals surface area contributed by atoms with Gasteiger partial charge in [-0.25, -0.2) is 4.98 Å². The van der Waals surface area contributed by atoms with Gasteiger partial charge in [-0.05, 0) is 132 Å². The summed E-state index contributed by atoms with van der Waals surface area (Å²) < 4.78 is 0. The van der Waals surface area contributed by atoms with Gasteiger partial charge in [-0.15, -0.1) is 53.8 Å². The van der Waals surface area contributed by atoms with E-state index < -0.39 is 0 Å². The smallest absolute Gasteiger partial charge is 0.135 e. The van der Waals surface area contributed by atoms with Gasteiger partial charge in [0.15, 0.2) is 0 Å². The Kier molecular flexibility index (Phi) is 16.6. The maximum absolute atomic E-state index is 5.19. The molecule has 11 aromatic carbocycles. The summed E-state index contributed by atoms with van der Waals surface area (Å²) in [4.78, 5) is 14.7. The minimum atomic E-state index is -0.270. The quantitative estimate of drug-likeness (QED) is 0.127. The first-order valence-corrected chi connectivity index (χ1v) is 32.7. The van der Waals surface area contributed by atoms with E-state index >= 15 is 0 Å². The van der Waals surface area contributed by atoms with Gasteiger partial charge in [-0.2, -0.15) is 6.07 Å². The average molecular weight is 1400 g/mol. The molecule has 0 aliphatic carbocycles. The van der Waals surface area contributed by atoms with Crippen molar-refractivity contribution in [2.75, 3.05) is 19.6 Å². The predicted octanol–water partition coefficient (Wildman–Crippen LogP) is 24.5. The summed E-state index contributed by atoms with van der Waals surface area (Å²) in [5.74, 6) is 0.835. The molecule has 3 heterocycles. The summed E-state index contributed by atoms with van der Waals surface area (Å²) >= 11 is 0. The zero-order chi connectivity index (χ0) is 64.6. The number of fused-ring (bicyclic) bond motifs is 6. The number of para-hydroxylation sites is 5. The number of benzene rings is 11. The van der Waals surface area contributed by atoms with Crippen LogP contribution in [0.1, 0.15) is 105 Å². The normalized spacial score (nSPS) is 12.9. The fraction of sp³-hybridized carbons (Fsp3) is 0.182. The van der Waals surface area contributed by atoms with Crippen molar-refractivity contribution in [3.05, 3.63) is 302 Å². The Morgan fingerprint density at radius 2 is 0.798 bits per heavy atom. The standard InChI is InChI=1S/C88H80N5.Pt/c1-85(2,3)65-45-46-89-83(55-65)93-79-40-25-24-37-77(79)75-35-22-23-36-76(75)78-44-43-70(57-82(78)93)92(69-33-20-15-21-34-69)72-54-68(88(10,11)12)53-71(56-72)90-58-91(81-42-27-26-41-80(81)90)84-73(63-47-61(59-29-16-13-17-30-59)49-66(51-63)86(4,5)6)38-28-39-74(84)64-48-62(60-31-18-14-19-32-60)50-67(52-64)87(7,8)9;/h13-55,58H,1-12H3;/q-3;. The molecule has 1 aromatic heterocycles. The molecule has 2 aliphatic rings. The van der Waals surface area contributed by atoms with Crippen molar-refractivity contribution in [1.29, 1.82) is 0 Å². The zero-order valence-electron chi connectivity index (χ0n) is 56.0. The molecule has 0 saturated heterocycles. The molecule has 0 atom stereocenters. The molecule has 0 unspecified atom stereocenters. The van der Waals surface area contributed by atoms with Gasteiger partial charge in [-0.3, -0.25) is 0 Å². The summed E-state index contributed by atoms with van der Waals surface area (Å²) in [7, 11) is 0. The van der Waals surface area contributed by atoms with Gasteiger partial charge in [0.05, 0.1) is 5.69 Å². The van der Waals surface area contributed by atoms with Crippen LogP contribution in [0.15, 0.2) is 261 Å². The summed E-state index contributed by atoms with van der Waals surface area (Å²) in [6, 6.07) is 102. The van der Waals surface area contributed by atoms with E-state index in [4.69, 9.17) is 4.98 Å². The molecule has 5 nitrogen and oxygen atoms in total. The van der Waals surface area contributed by atoms with E-state index in [0.717, 1.165) is 102 Å². The average Bonchev–Trinajstić information content (AvgIpc) is 1.55. The van der Waals surface area contributed by atoms with Crippen LogP contribution in [0.25, 0.3) is 66.8 Å². The first-order valence-electron chi connectivity index (χ1n) is 32.7. The second-order valence-electron chi connectivity index (χ2n) is 29.1. The molecule has 0 radical (unpaired) electrons. The first-order chi connectivity index (χ1) is 44.6. The van der Waals surface area contributed by atoms with Crippen molar-refractivity contribution in [2.24, 2.45) is 0 Å². The molecule has 94 heavy (non-hydrogen) atoms. The fourth-order valence-corrected chi connectivity index (χ4v) is 13.2. The number of hydrogen-bond donors (Lipinski definition) is 0. The van der Waals surface area contributed by atoms with Crippen molar-refractivity contribution in [3.63, 3.8) is 0 Å². The number of nitrogens with zero attached hydrogens (tertiary/aromatic N) is 5. The molecule has 12 aromatic rings. The van der Waals surface area contributed by atoms with Crippen molar-refractivity contribution in [3.8, 4) is 66.8 Å². The summed E-state index contributed by atoms with van der Waals surface area (Å²) in [6.45, 7) is 30.0. The minimum absolute atomic E-state index is 0. The monoisotopic (exact) mass is 1400 g/mol. The Balaban J connectivity index is 0.00000803. The van der Waals surface area contributed by atoms with Crippen LogP contribution in [0.3, 0.4) is 0 Å². The Bertz CT molecular complexity index is 4650. The predicted molar refractivity (Wildman–Crippen MR) is 394 cm³/mol. The molecule has 0 N–H and O–H groups in total. The molecular formula is C88H80N5Pt-3. The number of pyridine rings is 1. The molecule has 2 aliphatic heterocycles. The van der Waals surface area contributed by atoms with Crippen LogP contribution in [0.5, 0.6) is 0 Å². The molecular weight excluding hydrogens is 1320 g/mol. The maximum atomic E-state index is 5.19. The van der Waals surface area contributed by atoms with Gasteiger partial charge in [0, 0.05) is 66.7 Å². The van der Waals surface area contributed by atoms with E-state index in [-0.39, 0.29) is 42.7 Å². The maximum Gasteiger partial charge on any atom is 0.135 e. The largest absolute Gasteiger partial charge is 0.493 e. The van der Waals surface area contributed by atoms with Crippen LogP contribution in [0.2, 0.25) is 0 Å². The zero-order valence-corrected chi connectivity index (χ0v) is 58.2. The Morgan fingerprint density at radius 3 is 1.35 bits per heavy atom. The summed E-state index contributed by atoms with van der Waals surface area (Å²) in [5.41, 5.74) is 26.9. The van der Waals surface area contributed by atoms with Gasteiger partial charge >= 0.3 is 0 Å². The Morgan fingerprint density at radius 1 is 0.340 bits per heavy atom. The molecule has 0 bridgehead atoms. The topological polar surface area (TPSA) is 25.9 Å². The summed E-state index contributed by atoms with van der Waals surface area (Å²) in [5, 5.41) is 0. The van der Waals surface area contributed by atoms with E-state index in [1.807, 2.05) is 6.20 Å². The van der Waals surface area contributed by atoms with Gasteiger partial charge < -0.3 is 19.6 Å². The number of rotatable bonds is 10. The van der Waals surface area contributed by atoms with E-state index in [1.165, 1.54) is 44.5 Å². The van der Waals surface area contributed by atoms with Crippen LogP contribution < -0.4 is 19.6 Å². The van der Waals surface area contributed by atoms with Crippen LogP contribution in [-0.2, 0) is 42.7 Å². The second-order valence-corrected chi connectivity index (χ2v) is 29.1. The van der Waals surface area contributed by atoms with Crippen LogP contribution >= 0.6 is 0 Å². The van der Waals surface area contributed by atoms with Crippen molar-refractivity contribution < 1.29 is 21.1 Å². The van der Waals surface area contributed by atoms with Crippen molar-refractivity contribution in [1.82, 2.24) is 4.98 Å². The fourth-order valence-electron chi connectivity index (χ4n) is 13.2. The first kappa shape index (κ1) is 63.2. The van der Waals surface area contributed by atoms with E-state index in [0.29, 0.717) is 0 Å². The number of hydrogen-bond acceptors (Lipinski definition) is 5. The number of aromatic nitrogens is 1. The molecule has 0 saturated carbocycles. The van der Waals surface area contributed by atoms with Gasteiger partial charge in [-0.1, -0.05) is 282 Å². The SMILES string of the molecule is CC(C)(C)c1cc(N2[CH-]N(c3c(-c4cc(-c5ccccc5)cc(C(C)(C)C)c4)cccc3-c3cc(-c4ccccc4)cc(C(C)(C)C)c3)c3ccccc32)[c-]c(N(c2[c-]c3c(cc2)-c2ccccc2-c2ccccc2N3c2cc(C(C)(C)C)ccn2)c2ccccc2)c1.[Pt]. The van der Waals surface area contributed by atoms with Crippen molar-refractivity contribution in [2.45, 2.75) is 105 Å². The minimum Gasteiger partial charge on any atom is -0.493 e. The molecule has 470 valence electrons. The van der Waals surface area contributed by atoms with Crippen LogP contribution in [0, 0.1) is 18.8 Å². The second kappa shape index (κ2) is 24.7. The van der Waals surface area contributed by atoms with Crippen LogP contribution in [-0.4, -0.2) is 4.98 Å². The third-order valence-electron chi connectivity index (χ3n) is 18.4. The summed E-state index contributed by atoms with van der Waals surface area (Å²) in [6.07, 6.45) is 1.96. The van der Waals surface area contributed by atoms with Crippen molar-refractivity contribution >= 4 is 57.0 Å². The third kappa shape index (κ3) is 12.1. The molecule has 0 spiro atoms. The molecule has 14 rings (SSSR count). The molecule has 0 amide bonds. The third-order valence-corrected chi connectivity index (χ3v) is 18.4. The Labute approximate surface area is 572 Å². The van der Waals surface area contributed by atoms with Gasteiger partial charge in [0.25, 0.3) is 0 Å². The number of anilines is 10. The Hall–Kier alpha value is -9.54. The van der Waals surface area contributed by atoms with Crippen LogP contribution in [0.4, 0.5) is 57.0 Å². The van der Waals surface area contributed by atoms with E-state index in [9.17, 15) is 0 Å². The molecule has 6 heteroatoms. The van der Waals surface area contributed by atoms with Gasteiger partial charge in [0.1, 0.15) is 5.82 Å². The van der Waals surface area contributed by atoms with E-state index in [2.05, 4.69) is 376 Å². The van der Waals surface area contributed by atoms with Gasteiger partial charge in [0.2, 0.25) is 0 Å². The van der Waals surface area contributed by atoms with E-state index in [1.54, 1.807) is 0 Å².